The first-order valence-corrected chi connectivity index (χ1v) is 14.9. The first-order chi connectivity index (χ1) is 18.3. The van der Waals surface area contributed by atoms with Crippen molar-refractivity contribution in [3.8, 4) is 0 Å². The fourth-order valence-electron chi connectivity index (χ4n) is 3.58. The van der Waals surface area contributed by atoms with Crippen LogP contribution in [0.4, 0.5) is 0 Å². The number of ether oxygens (including phenoxy) is 2. The molecule has 2 rings (SSSR count). The Morgan fingerprint density at radius 1 is 1.36 bits per heavy atom. The third-order valence-electron chi connectivity index (χ3n) is 5.61. The fraction of sp³-hybridized carbons (Fsp3) is 0.762. The SMILES string of the molecule is CCCCCCOC(=O)C(C)NP(=O)(OC[C@H]1O[C@@H](n2cc(C)c(=O)[nH]c2=O)C[C@@H]1N=[N+]=[N-])OCC(Cl)(Cl)Cl. The van der Waals surface area contributed by atoms with E-state index < -0.39 is 66.4 Å². The monoisotopic (exact) mass is 632 g/mol. The molecule has 39 heavy (non-hydrogen) atoms. The topological polar surface area (TPSA) is 187 Å². The molecule has 0 aliphatic carbocycles. The van der Waals surface area contributed by atoms with Crippen LogP contribution in [0.2, 0.25) is 0 Å². The van der Waals surface area contributed by atoms with E-state index in [4.69, 9.17) is 58.9 Å². The number of esters is 1. The maximum Gasteiger partial charge on any atom is 0.406 e. The molecule has 2 unspecified atom stereocenters. The highest BCUT2D eigenvalue weighted by molar-refractivity contribution is 7.51. The molecule has 0 aromatic carbocycles. The van der Waals surface area contributed by atoms with Gasteiger partial charge in [0.15, 0.2) is 0 Å². The van der Waals surface area contributed by atoms with E-state index in [-0.39, 0.29) is 18.6 Å². The van der Waals surface area contributed by atoms with Gasteiger partial charge in [0.05, 0.1) is 25.4 Å². The molecule has 14 nitrogen and oxygen atoms in total. The molecular weight excluding hydrogens is 602 g/mol. The molecule has 0 bridgehead atoms. The molecule has 2 heterocycles. The van der Waals surface area contributed by atoms with E-state index in [2.05, 4.69) is 27.0 Å². The molecule has 18 heteroatoms. The summed E-state index contributed by atoms with van der Waals surface area (Å²) < 4.78 is 34.5. The molecule has 220 valence electrons. The number of azide groups is 1. The van der Waals surface area contributed by atoms with Crippen molar-refractivity contribution in [3.05, 3.63) is 43.0 Å². The van der Waals surface area contributed by atoms with Gasteiger partial charge in [-0.25, -0.2) is 14.4 Å². The van der Waals surface area contributed by atoms with Crippen LogP contribution in [0.15, 0.2) is 20.9 Å². The van der Waals surface area contributed by atoms with Crippen molar-refractivity contribution in [1.82, 2.24) is 14.6 Å². The number of halogens is 3. The summed E-state index contributed by atoms with van der Waals surface area (Å²) >= 11 is 17.2. The summed E-state index contributed by atoms with van der Waals surface area (Å²) in [6, 6.07) is -1.96. The molecule has 1 fully saturated rings. The van der Waals surface area contributed by atoms with Gasteiger partial charge in [-0.15, -0.1) is 0 Å². The molecule has 1 aromatic rings. The smallest absolute Gasteiger partial charge is 0.406 e. The van der Waals surface area contributed by atoms with Gasteiger partial charge in [0, 0.05) is 23.1 Å². The van der Waals surface area contributed by atoms with E-state index in [9.17, 15) is 18.9 Å². The maximum absolute atomic E-state index is 13.5. The lowest BCUT2D eigenvalue weighted by Gasteiger charge is -2.25. The normalized spacial score (nSPS) is 21.6. The number of aromatic nitrogens is 2. The Kier molecular flexibility index (Phi) is 13.3. The zero-order valence-corrected chi connectivity index (χ0v) is 24.8. The summed E-state index contributed by atoms with van der Waals surface area (Å²) in [7, 11) is -4.32. The van der Waals surface area contributed by atoms with E-state index in [0.29, 0.717) is 6.42 Å². The standard InChI is InChI=1S/C21H32Cl3N6O8P/c1-4-5-6-7-8-35-19(32)14(3)28-39(34,37-12-21(22,23)24)36-11-16-15(27-29-25)9-17(38-16)30-10-13(2)18(31)26-20(30)33/h10,14-17H,4-9,11-12H2,1-3H3,(H,28,34)(H,26,31,33)/t14?,15-,16+,17+,39?/m0/s1. The predicted octanol–water partition coefficient (Wildman–Crippen LogP) is 4.42. The number of H-pyrrole nitrogens is 1. The Morgan fingerprint density at radius 3 is 2.72 bits per heavy atom. The highest BCUT2D eigenvalue weighted by Crippen LogP contribution is 2.47. The third-order valence-corrected chi connectivity index (χ3v) is 7.60. The minimum atomic E-state index is -4.32. The molecule has 0 radical (unpaired) electrons. The Bertz CT molecular complexity index is 1190. The van der Waals surface area contributed by atoms with E-state index in [1.165, 1.54) is 20.0 Å². The molecule has 0 saturated carbocycles. The Labute approximate surface area is 239 Å². The number of aromatic amines is 1. The van der Waals surface area contributed by atoms with E-state index >= 15 is 0 Å². The minimum absolute atomic E-state index is 0.0526. The van der Waals surface area contributed by atoms with E-state index in [0.717, 1.165) is 23.8 Å². The first kappa shape index (κ1) is 33.6. The first-order valence-electron chi connectivity index (χ1n) is 12.2. The van der Waals surface area contributed by atoms with Gasteiger partial charge in [0.2, 0.25) is 3.79 Å². The fourth-order valence-corrected chi connectivity index (χ4v) is 5.48. The van der Waals surface area contributed by atoms with Gasteiger partial charge in [-0.1, -0.05) is 66.1 Å². The molecular formula is C21H32Cl3N6O8P. The van der Waals surface area contributed by atoms with Gasteiger partial charge < -0.3 is 9.47 Å². The molecule has 1 aromatic heterocycles. The quantitative estimate of drug-likeness (QED) is 0.0536. The summed E-state index contributed by atoms with van der Waals surface area (Å²) in [6.07, 6.45) is 3.08. The van der Waals surface area contributed by atoms with Gasteiger partial charge in [0.25, 0.3) is 5.56 Å². The summed E-state index contributed by atoms with van der Waals surface area (Å²) in [5.41, 5.74) is 7.98. The van der Waals surface area contributed by atoms with Crippen LogP contribution >= 0.6 is 42.5 Å². The van der Waals surface area contributed by atoms with E-state index in [1.54, 1.807) is 0 Å². The van der Waals surface area contributed by atoms with Crippen molar-refractivity contribution < 1.29 is 27.9 Å². The van der Waals surface area contributed by atoms with Crippen molar-refractivity contribution >= 4 is 48.5 Å². The second kappa shape index (κ2) is 15.4. The zero-order chi connectivity index (χ0) is 29.2. The van der Waals surface area contributed by atoms with Crippen molar-refractivity contribution in [3.63, 3.8) is 0 Å². The molecule has 0 amide bonds. The van der Waals surface area contributed by atoms with Crippen LogP contribution in [0.5, 0.6) is 0 Å². The van der Waals surface area contributed by atoms with Gasteiger partial charge in [-0.05, 0) is 25.8 Å². The third kappa shape index (κ3) is 11.1. The molecule has 1 aliphatic heterocycles. The Hall–Kier alpha value is -1.60. The van der Waals surface area contributed by atoms with Crippen LogP contribution in [-0.4, -0.2) is 57.3 Å². The van der Waals surface area contributed by atoms with Gasteiger partial charge in [-0.3, -0.25) is 28.2 Å². The second-order valence-corrected chi connectivity index (χ2v) is 13.2. The molecule has 1 aliphatic rings. The summed E-state index contributed by atoms with van der Waals surface area (Å²) in [4.78, 5) is 41.4. The molecule has 0 spiro atoms. The second-order valence-electron chi connectivity index (χ2n) is 8.88. The number of unbranched alkanes of at least 4 members (excludes halogenated alkanes) is 3. The average molecular weight is 634 g/mol. The number of rotatable bonds is 15. The Morgan fingerprint density at radius 2 is 2.08 bits per heavy atom. The minimum Gasteiger partial charge on any atom is -0.465 e. The summed E-state index contributed by atoms with van der Waals surface area (Å²) in [6.45, 7) is 4.05. The highest BCUT2D eigenvalue weighted by Gasteiger charge is 2.40. The number of nitrogens with one attached hydrogen (secondary N) is 2. The highest BCUT2D eigenvalue weighted by atomic mass is 35.6. The van der Waals surface area contributed by atoms with Crippen LogP contribution in [0.1, 0.15) is 57.7 Å². The lowest BCUT2D eigenvalue weighted by Crippen LogP contribution is -2.36. The van der Waals surface area contributed by atoms with Crippen LogP contribution in [0, 0.1) is 6.92 Å². The van der Waals surface area contributed by atoms with Crippen molar-refractivity contribution in [2.75, 3.05) is 19.8 Å². The number of nitrogens with zero attached hydrogens (tertiary/aromatic N) is 4. The molecule has 2 N–H and O–H groups in total. The van der Waals surface area contributed by atoms with E-state index in [1.807, 2.05) is 0 Å². The summed E-state index contributed by atoms with van der Waals surface area (Å²) in [5, 5.41) is 6.14. The number of alkyl halides is 3. The van der Waals surface area contributed by atoms with Crippen molar-refractivity contribution in [2.24, 2.45) is 5.11 Å². The molecule has 1 saturated heterocycles. The van der Waals surface area contributed by atoms with Crippen LogP contribution < -0.4 is 16.3 Å². The number of carbonyl (C=O) groups excluding carboxylic acids is 1. The lowest BCUT2D eigenvalue weighted by molar-refractivity contribution is -0.145. The number of carbonyl (C=O) groups is 1. The van der Waals surface area contributed by atoms with Gasteiger partial charge >= 0.3 is 19.4 Å². The molecule has 5 atom stereocenters. The lowest BCUT2D eigenvalue weighted by atomic mass is 10.1. The largest absolute Gasteiger partial charge is 0.465 e. The van der Waals surface area contributed by atoms with Crippen LogP contribution in [0.25, 0.3) is 10.4 Å². The number of hydrogen-bond acceptors (Lipinski definition) is 9. The number of hydrogen-bond donors (Lipinski definition) is 2. The average Bonchev–Trinajstić information content (AvgIpc) is 3.26. The van der Waals surface area contributed by atoms with Crippen LogP contribution in [-0.2, 0) is 27.9 Å². The Balaban J connectivity index is 2.13. The van der Waals surface area contributed by atoms with Gasteiger partial charge in [-0.2, -0.15) is 0 Å². The van der Waals surface area contributed by atoms with Gasteiger partial charge in [0.1, 0.15) is 18.9 Å². The predicted molar refractivity (Wildman–Crippen MR) is 145 cm³/mol. The van der Waals surface area contributed by atoms with Crippen LogP contribution in [0.3, 0.4) is 0 Å². The van der Waals surface area contributed by atoms with Crippen molar-refractivity contribution in [1.29, 1.82) is 0 Å². The number of aryl methyl sites for hydroxylation is 1. The summed E-state index contributed by atoms with van der Waals surface area (Å²) in [5.74, 6) is -0.690. The van der Waals surface area contributed by atoms with Crippen molar-refractivity contribution in [2.45, 2.75) is 81.1 Å². The zero-order valence-electron chi connectivity index (χ0n) is 21.7. The maximum atomic E-state index is 13.5.